The Morgan fingerprint density at radius 2 is 0.481 bits per heavy atom. The zero-order chi connectivity index (χ0) is 56.8. The van der Waals surface area contributed by atoms with Crippen molar-refractivity contribution in [3.63, 3.8) is 0 Å². The third-order valence-corrected chi connectivity index (χ3v) is 16.8. The molecule has 5 nitrogen and oxygen atoms in total. The molecule has 0 N–H and O–H groups in total. The topological polar surface area (TPSA) is 62.4 Å². The molecule has 0 bridgehead atoms. The zero-order valence-electron chi connectivity index (χ0n) is 50.0. The minimum absolute atomic E-state index is 0.0932. The SMILES string of the molecule is CC(C)(C)c1ccc2c(c1)c1cc(C(C)(C)C)ccc1n2-c1cc(-c2cc(C#N)cc(C#N)c2)cc(-n2c3ccc(C(C)(C)C)cc3c3cc(C(C)(C)C)ccc32)c1-n1c2ccc(C(C)(C)C)cc2c2cc(C(C)(C)C)ccc21. The van der Waals surface area contributed by atoms with Crippen LogP contribution in [0.25, 0.3) is 93.6 Å². The fourth-order valence-corrected chi connectivity index (χ4v) is 11.9. The van der Waals surface area contributed by atoms with Crippen molar-refractivity contribution >= 4 is 65.4 Å². The van der Waals surface area contributed by atoms with Gasteiger partial charge in [0.1, 0.15) is 0 Å². The molecule has 0 saturated heterocycles. The standard InChI is InChI=1S/C74H77N5/c1-69(2,3)48-19-25-60-54(36-48)55-37-49(70(4,5)6)20-26-61(55)77(60)66-34-47(46-32-44(42-75)31-45(33-46)43-76)35-67(78-62-27-21-50(71(7,8)9)38-56(62)57-39-51(72(10,11)12)22-28-63(57)78)68(66)79-64-29-23-52(73(13,14)15)40-58(64)59-41-53(74(16,17)18)24-30-65(59)79/h19-41H,1-18H3. The summed E-state index contributed by atoms with van der Waals surface area (Å²) in [7, 11) is 0. The predicted molar refractivity (Wildman–Crippen MR) is 337 cm³/mol. The maximum Gasteiger partial charge on any atom is 0.0992 e. The normalized spacial score (nSPS) is 13.2. The minimum Gasteiger partial charge on any atom is -0.307 e. The third-order valence-electron chi connectivity index (χ3n) is 16.8. The van der Waals surface area contributed by atoms with E-state index in [1.54, 1.807) is 6.07 Å². The van der Waals surface area contributed by atoms with Gasteiger partial charge in [-0.05, 0) is 180 Å². The fourth-order valence-electron chi connectivity index (χ4n) is 11.9. The molecule has 0 atom stereocenters. The molecule has 11 rings (SSSR count). The van der Waals surface area contributed by atoms with E-state index in [1.807, 2.05) is 12.1 Å². The molecular weight excluding hydrogens is 959 g/mol. The van der Waals surface area contributed by atoms with Gasteiger partial charge >= 0.3 is 0 Å². The van der Waals surface area contributed by atoms with Gasteiger partial charge in [-0.3, -0.25) is 0 Å². The first-order valence-electron chi connectivity index (χ1n) is 28.3. The van der Waals surface area contributed by atoms with Crippen molar-refractivity contribution in [3.05, 3.63) is 184 Å². The minimum atomic E-state index is -0.0935. The maximum absolute atomic E-state index is 10.6. The number of rotatable bonds is 4. The van der Waals surface area contributed by atoms with E-state index in [2.05, 4.69) is 272 Å². The second-order valence-corrected chi connectivity index (χ2v) is 28.8. The molecule has 0 aliphatic carbocycles. The van der Waals surface area contributed by atoms with Crippen molar-refractivity contribution in [2.45, 2.75) is 157 Å². The predicted octanol–water partition coefficient (Wildman–Crippen LogP) is 20.2. The molecule has 79 heavy (non-hydrogen) atoms. The quantitative estimate of drug-likeness (QED) is 0.176. The summed E-state index contributed by atoms with van der Waals surface area (Å²) < 4.78 is 7.58. The van der Waals surface area contributed by atoms with Crippen LogP contribution < -0.4 is 0 Å². The Balaban J connectivity index is 1.44. The Morgan fingerprint density at radius 1 is 0.266 bits per heavy atom. The summed E-state index contributed by atoms with van der Waals surface area (Å²) >= 11 is 0. The first kappa shape index (κ1) is 53.2. The van der Waals surface area contributed by atoms with Gasteiger partial charge in [0.15, 0.2) is 0 Å². The summed E-state index contributed by atoms with van der Waals surface area (Å²) in [6, 6.07) is 57.6. The van der Waals surface area contributed by atoms with Crippen LogP contribution in [0.15, 0.2) is 140 Å². The van der Waals surface area contributed by atoms with Crippen molar-refractivity contribution in [2.24, 2.45) is 0 Å². The molecule has 3 heterocycles. The number of aromatic nitrogens is 3. The second-order valence-electron chi connectivity index (χ2n) is 28.8. The number of nitrogens with zero attached hydrogens (tertiary/aromatic N) is 5. The molecule has 5 heteroatoms. The van der Waals surface area contributed by atoms with Crippen LogP contribution in [-0.4, -0.2) is 13.7 Å². The lowest BCUT2D eigenvalue weighted by atomic mass is 9.85. The van der Waals surface area contributed by atoms with Gasteiger partial charge in [-0.25, -0.2) is 0 Å². The molecule has 3 aromatic heterocycles. The summed E-state index contributed by atoms with van der Waals surface area (Å²) in [5.74, 6) is 0. The van der Waals surface area contributed by atoms with E-state index in [0.717, 1.165) is 61.3 Å². The maximum atomic E-state index is 10.6. The number of hydrogen-bond acceptors (Lipinski definition) is 2. The Labute approximate surface area is 468 Å². The first-order valence-corrected chi connectivity index (χ1v) is 28.3. The molecule has 0 radical (unpaired) electrons. The van der Waals surface area contributed by atoms with Crippen LogP contribution in [0, 0.1) is 22.7 Å². The van der Waals surface area contributed by atoms with Gasteiger partial charge < -0.3 is 13.7 Å². The number of fused-ring (bicyclic) bond motifs is 9. The highest BCUT2D eigenvalue weighted by Gasteiger charge is 2.30. The largest absolute Gasteiger partial charge is 0.307 e. The number of benzene rings is 8. The van der Waals surface area contributed by atoms with Gasteiger partial charge in [0, 0.05) is 32.3 Å². The van der Waals surface area contributed by atoms with E-state index in [9.17, 15) is 10.5 Å². The summed E-state index contributed by atoms with van der Waals surface area (Å²) in [5.41, 5.74) is 19.2. The van der Waals surface area contributed by atoms with Crippen molar-refractivity contribution in [3.8, 4) is 40.3 Å². The van der Waals surface area contributed by atoms with Crippen LogP contribution in [0.2, 0.25) is 0 Å². The Hall–Kier alpha value is -7.86. The lowest BCUT2D eigenvalue weighted by molar-refractivity contribution is 0.590. The molecule has 0 fully saturated rings. The van der Waals surface area contributed by atoms with Crippen molar-refractivity contribution in [2.75, 3.05) is 0 Å². The van der Waals surface area contributed by atoms with E-state index in [-0.39, 0.29) is 32.5 Å². The van der Waals surface area contributed by atoms with Gasteiger partial charge in [-0.1, -0.05) is 161 Å². The van der Waals surface area contributed by atoms with Crippen LogP contribution in [-0.2, 0) is 32.5 Å². The monoisotopic (exact) mass is 1040 g/mol. The summed E-state index contributed by atoms with van der Waals surface area (Å²) in [4.78, 5) is 0. The second kappa shape index (κ2) is 17.8. The molecule has 0 unspecified atom stereocenters. The van der Waals surface area contributed by atoms with Crippen LogP contribution in [0.3, 0.4) is 0 Å². The molecule has 0 spiro atoms. The van der Waals surface area contributed by atoms with E-state index >= 15 is 0 Å². The van der Waals surface area contributed by atoms with Crippen LogP contribution in [0.1, 0.15) is 169 Å². The lowest BCUT2D eigenvalue weighted by Crippen LogP contribution is -2.12. The van der Waals surface area contributed by atoms with Crippen molar-refractivity contribution < 1.29 is 0 Å². The average molecular weight is 1040 g/mol. The lowest BCUT2D eigenvalue weighted by Gasteiger charge is -2.25. The van der Waals surface area contributed by atoms with E-state index in [4.69, 9.17) is 0 Å². The number of nitriles is 2. The molecule has 0 aliphatic heterocycles. The molecule has 0 saturated carbocycles. The van der Waals surface area contributed by atoms with E-state index < -0.39 is 0 Å². The molecule has 8 aromatic carbocycles. The summed E-state index contributed by atoms with van der Waals surface area (Å²) in [6.45, 7) is 41.4. The summed E-state index contributed by atoms with van der Waals surface area (Å²) in [5, 5.41) is 28.3. The third kappa shape index (κ3) is 9.01. The highest BCUT2D eigenvalue weighted by Crippen LogP contribution is 2.48. The van der Waals surface area contributed by atoms with Crippen molar-refractivity contribution in [1.82, 2.24) is 13.7 Å². The molecule has 398 valence electrons. The van der Waals surface area contributed by atoms with Crippen LogP contribution >= 0.6 is 0 Å². The van der Waals surface area contributed by atoms with E-state index in [0.29, 0.717) is 11.1 Å². The Bertz CT molecular complexity index is 4010. The highest BCUT2D eigenvalue weighted by atomic mass is 15.1. The van der Waals surface area contributed by atoms with Crippen molar-refractivity contribution in [1.29, 1.82) is 10.5 Å². The zero-order valence-corrected chi connectivity index (χ0v) is 50.0. The fraction of sp³-hybridized carbons (Fsp3) is 0.324. The highest BCUT2D eigenvalue weighted by molar-refractivity contribution is 6.14. The number of hydrogen-bond donors (Lipinski definition) is 0. The van der Waals surface area contributed by atoms with E-state index in [1.165, 1.54) is 65.7 Å². The van der Waals surface area contributed by atoms with Gasteiger partial charge in [-0.2, -0.15) is 10.5 Å². The van der Waals surface area contributed by atoms with Gasteiger partial charge in [0.05, 0.1) is 73.4 Å². The molecular formula is C74H77N5. The average Bonchev–Trinajstić information content (AvgIpc) is 3.26. The Kier molecular flexibility index (Phi) is 12.0. The van der Waals surface area contributed by atoms with Gasteiger partial charge in [0.25, 0.3) is 0 Å². The molecule has 0 amide bonds. The van der Waals surface area contributed by atoms with Gasteiger partial charge in [-0.15, -0.1) is 0 Å². The smallest absolute Gasteiger partial charge is 0.0992 e. The molecule has 11 aromatic rings. The van der Waals surface area contributed by atoms with Crippen LogP contribution in [0.4, 0.5) is 0 Å². The summed E-state index contributed by atoms with van der Waals surface area (Å²) in [6.07, 6.45) is 0. The molecule has 0 aliphatic rings. The van der Waals surface area contributed by atoms with Gasteiger partial charge in [0.2, 0.25) is 0 Å². The Morgan fingerprint density at radius 3 is 0.696 bits per heavy atom. The first-order chi connectivity index (χ1) is 36.8. The van der Waals surface area contributed by atoms with Crippen LogP contribution in [0.5, 0.6) is 0 Å².